The summed E-state index contributed by atoms with van der Waals surface area (Å²) >= 11 is 0. The van der Waals surface area contributed by atoms with Crippen molar-refractivity contribution in [3.05, 3.63) is 35.4 Å². The molecule has 0 aromatic heterocycles. The fraction of sp³-hybridized carbons (Fsp3) is 0.650. The molecule has 2 atom stereocenters. The fourth-order valence-corrected chi connectivity index (χ4v) is 6.27. The second-order valence-corrected chi connectivity index (χ2v) is 10.2. The van der Waals surface area contributed by atoms with Crippen molar-refractivity contribution in [2.24, 2.45) is 10.9 Å². The van der Waals surface area contributed by atoms with Crippen molar-refractivity contribution >= 4 is 15.8 Å². The van der Waals surface area contributed by atoms with Crippen LogP contribution in [-0.2, 0) is 26.8 Å². The molecule has 0 bridgehead atoms. The van der Waals surface area contributed by atoms with E-state index in [4.69, 9.17) is 9.73 Å². The SMILES string of the molecule is CCCNC(=NCC1CCS(=O)(=O)C1)N1CCC2(C1)OCc1ccccc12. The van der Waals surface area contributed by atoms with Crippen LogP contribution in [0.15, 0.2) is 29.3 Å². The Bertz CT molecular complexity index is 824. The smallest absolute Gasteiger partial charge is 0.194 e. The zero-order valence-corrected chi connectivity index (χ0v) is 16.8. The Kier molecular flexibility index (Phi) is 5.16. The van der Waals surface area contributed by atoms with Gasteiger partial charge in [-0.1, -0.05) is 31.2 Å². The van der Waals surface area contributed by atoms with Gasteiger partial charge < -0.3 is 15.0 Å². The number of ether oxygens (including phenoxy) is 1. The van der Waals surface area contributed by atoms with Gasteiger partial charge in [-0.05, 0) is 36.3 Å². The minimum atomic E-state index is -2.85. The maximum Gasteiger partial charge on any atom is 0.194 e. The van der Waals surface area contributed by atoms with E-state index in [9.17, 15) is 8.42 Å². The van der Waals surface area contributed by atoms with Crippen LogP contribution in [-0.4, -0.2) is 57.0 Å². The highest BCUT2D eigenvalue weighted by Gasteiger charge is 2.46. The number of hydrogen-bond acceptors (Lipinski definition) is 4. The largest absolute Gasteiger partial charge is 0.364 e. The Morgan fingerprint density at radius 3 is 3.04 bits per heavy atom. The minimum absolute atomic E-state index is 0.147. The van der Waals surface area contributed by atoms with Gasteiger partial charge in [-0.2, -0.15) is 0 Å². The zero-order valence-electron chi connectivity index (χ0n) is 16.0. The van der Waals surface area contributed by atoms with Gasteiger partial charge in [-0.15, -0.1) is 0 Å². The highest BCUT2D eigenvalue weighted by atomic mass is 32.2. The number of rotatable bonds is 4. The second kappa shape index (κ2) is 7.43. The average Bonchev–Trinajstić information content (AvgIpc) is 3.34. The monoisotopic (exact) mass is 391 g/mol. The molecule has 1 aromatic rings. The molecule has 0 saturated carbocycles. The Morgan fingerprint density at radius 2 is 2.26 bits per heavy atom. The molecular formula is C20H29N3O3S. The third-order valence-electron chi connectivity index (χ3n) is 5.90. The van der Waals surface area contributed by atoms with Crippen molar-refractivity contribution in [3.63, 3.8) is 0 Å². The van der Waals surface area contributed by atoms with Crippen molar-refractivity contribution in [3.8, 4) is 0 Å². The highest BCUT2D eigenvalue weighted by molar-refractivity contribution is 7.91. The Balaban J connectivity index is 1.48. The summed E-state index contributed by atoms with van der Waals surface area (Å²) in [4.78, 5) is 7.09. The number of sulfone groups is 1. The predicted octanol–water partition coefficient (Wildman–Crippen LogP) is 1.91. The molecule has 3 aliphatic rings. The van der Waals surface area contributed by atoms with Crippen LogP contribution in [0.25, 0.3) is 0 Å². The predicted molar refractivity (Wildman–Crippen MR) is 106 cm³/mol. The summed E-state index contributed by atoms with van der Waals surface area (Å²) in [6.07, 6.45) is 2.71. The number of guanidine groups is 1. The maximum absolute atomic E-state index is 11.7. The van der Waals surface area contributed by atoms with E-state index in [0.29, 0.717) is 18.9 Å². The first-order valence-corrected chi connectivity index (χ1v) is 11.8. The van der Waals surface area contributed by atoms with Gasteiger partial charge >= 0.3 is 0 Å². The van der Waals surface area contributed by atoms with E-state index in [1.54, 1.807) is 0 Å². The van der Waals surface area contributed by atoms with E-state index in [-0.39, 0.29) is 17.3 Å². The van der Waals surface area contributed by atoms with Gasteiger partial charge in [-0.25, -0.2) is 8.42 Å². The molecular weight excluding hydrogens is 362 g/mol. The number of benzene rings is 1. The fourth-order valence-electron chi connectivity index (χ4n) is 4.42. The van der Waals surface area contributed by atoms with Crippen LogP contribution in [0.3, 0.4) is 0 Å². The molecule has 3 aliphatic heterocycles. The molecule has 1 spiro atoms. The van der Waals surface area contributed by atoms with Gasteiger partial charge in [0.2, 0.25) is 0 Å². The van der Waals surface area contributed by atoms with Gasteiger partial charge in [-0.3, -0.25) is 4.99 Å². The van der Waals surface area contributed by atoms with Crippen molar-refractivity contribution in [1.82, 2.24) is 10.2 Å². The Hall–Kier alpha value is -1.60. The lowest BCUT2D eigenvalue weighted by Gasteiger charge is -2.27. The lowest BCUT2D eigenvalue weighted by molar-refractivity contribution is -0.0262. The summed E-state index contributed by atoms with van der Waals surface area (Å²) in [6.45, 7) is 5.94. The molecule has 0 amide bonds. The maximum atomic E-state index is 11.7. The van der Waals surface area contributed by atoms with Crippen LogP contribution in [0.1, 0.15) is 37.3 Å². The third kappa shape index (κ3) is 3.85. The van der Waals surface area contributed by atoms with E-state index in [2.05, 4.69) is 41.4 Å². The summed E-state index contributed by atoms with van der Waals surface area (Å²) in [7, 11) is -2.85. The second-order valence-electron chi connectivity index (χ2n) is 7.97. The molecule has 148 valence electrons. The van der Waals surface area contributed by atoms with Crippen LogP contribution in [0.4, 0.5) is 0 Å². The standard InChI is InChI=1S/C20H29N3O3S/c1-2-9-21-19(22-12-16-7-11-27(24,25)14-16)23-10-8-20(15-23)18-6-4-3-5-17(18)13-26-20/h3-6,16H,2,7-15H2,1H3,(H,21,22). The number of hydrogen-bond donors (Lipinski definition) is 1. The molecule has 27 heavy (non-hydrogen) atoms. The van der Waals surface area contributed by atoms with Crippen molar-refractivity contribution < 1.29 is 13.2 Å². The minimum Gasteiger partial charge on any atom is -0.364 e. The molecule has 3 heterocycles. The van der Waals surface area contributed by atoms with Crippen molar-refractivity contribution in [2.45, 2.75) is 38.4 Å². The summed E-state index contributed by atoms with van der Waals surface area (Å²) < 4.78 is 29.7. The van der Waals surface area contributed by atoms with Crippen LogP contribution in [0.2, 0.25) is 0 Å². The number of likely N-dealkylation sites (tertiary alicyclic amines) is 1. The number of nitrogens with one attached hydrogen (secondary N) is 1. The van der Waals surface area contributed by atoms with E-state index < -0.39 is 9.84 Å². The van der Waals surface area contributed by atoms with E-state index >= 15 is 0 Å². The Labute approximate surface area is 161 Å². The lowest BCUT2D eigenvalue weighted by Crippen LogP contribution is -2.42. The molecule has 0 radical (unpaired) electrons. The molecule has 2 unspecified atom stereocenters. The molecule has 7 heteroatoms. The van der Waals surface area contributed by atoms with Crippen LogP contribution < -0.4 is 5.32 Å². The first-order valence-electron chi connectivity index (χ1n) is 9.97. The molecule has 0 aliphatic carbocycles. The van der Waals surface area contributed by atoms with Gasteiger partial charge in [0.05, 0.1) is 24.7 Å². The van der Waals surface area contributed by atoms with Crippen molar-refractivity contribution in [2.75, 3.05) is 37.7 Å². The van der Waals surface area contributed by atoms with Crippen LogP contribution >= 0.6 is 0 Å². The number of nitrogens with zero attached hydrogens (tertiary/aromatic N) is 2. The molecule has 1 N–H and O–H groups in total. The van der Waals surface area contributed by atoms with Crippen molar-refractivity contribution in [1.29, 1.82) is 0 Å². The highest BCUT2D eigenvalue weighted by Crippen LogP contribution is 2.43. The van der Waals surface area contributed by atoms with Gasteiger partial charge in [0.1, 0.15) is 5.60 Å². The van der Waals surface area contributed by atoms with E-state index in [0.717, 1.165) is 44.9 Å². The first-order chi connectivity index (χ1) is 13.0. The summed E-state index contributed by atoms with van der Waals surface area (Å²) in [6, 6.07) is 8.49. The normalized spacial score (nSPS) is 29.4. The number of fused-ring (bicyclic) bond motifs is 2. The van der Waals surface area contributed by atoms with Crippen LogP contribution in [0.5, 0.6) is 0 Å². The zero-order chi connectivity index (χ0) is 18.9. The topological polar surface area (TPSA) is 71.0 Å². The first kappa shape index (κ1) is 18.7. The molecule has 4 rings (SSSR count). The van der Waals surface area contributed by atoms with Gasteiger partial charge in [0.25, 0.3) is 0 Å². The quantitative estimate of drug-likeness (QED) is 0.627. The summed E-state index contributed by atoms with van der Waals surface area (Å²) in [5.74, 6) is 1.62. The summed E-state index contributed by atoms with van der Waals surface area (Å²) in [5, 5.41) is 3.46. The van der Waals surface area contributed by atoms with Gasteiger partial charge in [0, 0.05) is 19.6 Å². The lowest BCUT2D eigenvalue weighted by atomic mass is 9.92. The average molecular weight is 392 g/mol. The molecule has 2 fully saturated rings. The van der Waals surface area contributed by atoms with E-state index in [1.807, 2.05) is 0 Å². The number of aliphatic imine (C=N–C) groups is 1. The van der Waals surface area contributed by atoms with E-state index in [1.165, 1.54) is 11.1 Å². The molecule has 6 nitrogen and oxygen atoms in total. The van der Waals surface area contributed by atoms with Gasteiger partial charge in [0.15, 0.2) is 15.8 Å². The molecule has 1 aromatic carbocycles. The Morgan fingerprint density at radius 1 is 1.41 bits per heavy atom. The summed E-state index contributed by atoms with van der Waals surface area (Å²) in [5.41, 5.74) is 2.36. The van der Waals surface area contributed by atoms with Crippen LogP contribution in [0, 0.1) is 5.92 Å². The molecule has 2 saturated heterocycles. The third-order valence-corrected chi connectivity index (χ3v) is 7.74.